The number of anilines is 4. The Morgan fingerprint density at radius 3 is 1.02 bits per heavy atom. The molecule has 5 fully saturated rings. The Kier molecular flexibility index (Phi) is 7.56. The fourth-order valence-corrected chi connectivity index (χ4v) is 8.00. The molecule has 5 saturated heterocycles. The highest BCUT2D eigenvalue weighted by atomic mass is 16.6. The van der Waals surface area contributed by atoms with Crippen LogP contribution in [0.25, 0.3) is 0 Å². The molecule has 0 N–H and O–H groups in total. The van der Waals surface area contributed by atoms with E-state index in [4.69, 9.17) is 0 Å². The van der Waals surface area contributed by atoms with Crippen LogP contribution in [0.3, 0.4) is 0 Å². The topological polar surface area (TPSA) is 151 Å². The van der Waals surface area contributed by atoms with Gasteiger partial charge < -0.3 is 28.6 Å². The van der Waals surface area contributed by atoms with Gasteiger partial charge in [0.1, 0.15) is 38.8 Å². The third-order valence-corrected chi connectivity index (χ3v) is 10.8. The molecule has 2 aromatic rings. The second kappa shape index (κ2) is 11.5. The number of quaternary nitrogens is 2. The molecule has 0 radical (unpaired) electrons. The van der Waals surface area contributed by atoms with E-state index in [1.54, 1.807) is 0 Å². The summed E-state index contributed by atoms with van der Waals surface area (Å²) in [7, 11) is 0. The number of nitrogens with zero attached hydrogens (tertiary/aromatic N) is 12. The SMILES string of the molecule is O=[N+]([O-])c1c(N2CCCC2)ncnc1N1CC[N+]2(CC1)CC[N+]1(CCN(c3ncnc(N4CCCC4)c3[N+](=O)[O-])CC1)CC2. The molecule has 16 heteroatoms. The minimum absolute atomic E-state index is 0.0420. The molecule has 7 heterocycles. The van der Waals surface area contributed by atoms with Crippen LogP contribution in [-0.4, -0.2) is 143 Å². The monoisotopic (exact) mass is 610 g/mol. The van der Waals surface area contributed by atoms with Crippen molar-refractivity contribution >= 4 is 34.6 Å². The van der Waals surface area contributed by atoms with Gasteiger partial charge in [-0.25, -0.2) is 19.9 Å². The van der Waals surface area contributed by atoms with Crippen LogP contribution in [0.4, 0.5) is 34.6 Å². The van der Waals surface area contributed by atoms with Crippen LogP contribution in [0.1, 0.15) is 25.7 Å². The Bertz CT molecular complexity index is 1280. The largest absolute Gasteiger partial charge is 0.353 e. The molecule has 44 heavy (non-hydrogen) atoms. The van der Waals surface area contributed by atoms with Crippen molar-refractivity contribution in [2.24, 2.45) is 0 Å². The van der Waals surface area contributed by atoms with Gasteiger partial charge in [-0.2, -0.15) is 0 Å². The Hall–Kier alpha value is -3.92. The van der Waals surface area contributed by atoms with E-state index in [0.717, 1.165) is 139 Å². The summed E-state index contributed by atoms with van der Waals surface area (Å²) in [4.78, 5) is 49.4. The first-order valence-corrected chi connectivity index (χ1v) is 16.1. The average molecular weight is 611 g/mol. The fraction of sp³-hybridized carbons (Fsp3) is 0.714. The van der Waals surface area contributed by atoms with E-state index in [0.29, 0.717) is 23.3 Å². The van der Waals surface area contributed by atoms with Gasteiger partial charge in [-0.3, -0.25) is 20.2 Å². The normalized spacial score (nSPS) is 23.1. The molecule has 2 spiro atoms. The summed E-state index contributed by atoms with van der Waals surface area (Å²) in [5.74, 6) is 1.81. The van der Waals surface area contributed by atoms with E-state index in [9.17, 15) is 20.2 Å². The van der Waals surface area contributed by atoms with Crippen LogP contribution in [0.5, 0.6) is 0 Å². The minimum atomic E-state index is -0.306. The van der Waals surface area contributed by atoms with Crippen LogP contribution < -0.4 is 19.6 Å². The highest BCUT2D eigenvalue weighted by Gasteiger charge is 2.47. The van der Waals surface area contributed by atoms with Gasteiger partial charge in [0.15, 0.2) is 0 Å². The maximum Gasteiger partial charge on any atom is 0.353 e. The first-order chi connectivity index (χ1) is 21.4. The predicted octanol–water partition coefficient (Wildman–Crippen LogP) is 1.27. The molecular weight excluding hydrogens is 568 g/mol. The average Bonchev–Trinajstić information content (AvgIpc) is 3.78. The van der Waals surface area contributed by atoms with Gasteiger partial charge >= 0.3 is 11.4 Å². The first kappa shape index (κ1) is 28.8. The van der Waals surface area contributed by atoms with Crippen molar-refractivity contribution in [2.75, 3.05) is 124 Å². The van der Waals surface area contributed by atoms with Gasteiger partial charge in [0.25, 0.3) is 0 Å². The minimum Gasteiger partial charge on any atom is -0.351 e. The van der Waals surface area contributed by atoms with Crippen LogP contribution in [0.2, 0.25) is 0 Å². The van der Waals surface area contributed by atoms with E-state index in [1.165, 1.54) is 12.7 Å². The molecular formula is C28H42N12O4+2. The van der Waals surface area contributed by atoms with Gasteiger partial charge in [0, 0.05) is 26.2 Å². The number of rotatable bonds is 6. The third-order valence-electron chi connectivity index (χ3n) is 10.8. The third kappa shape index (κ3) is 5.23. The van der Waals surface area contributed by atoms with E-state index in [2.05, 4.69) is 29.7 Å². The van der Waals surface area contributed by atoms with E-state index >= 15 is 0 Å². The molecule has 0 aliphatic carbocycles. The molecule has 0 aromatic carbocycles. The molecule has 0 unspecified atom stereocenters. The van der Waals surface area contributed by atoms with Gasteiger partial charge in [0.2, 0.25) is 23.3 Å². The lowest BCUT2D eigenvalue weighted by Gasteiger charge is -2.54. The fourth-order valence-electron chi connectivity index (χ4n) is 8.00. The smallest absolute Gasteiger partial charge is 0.351 e. The first-order valence-electron chi connectivity index (χ1n) is 16.1. The van der Waals surface area contributed by atoms with Crippen LogP contribution in [-0.2, 0) is 0 Å². The van der Waals surface area contributed by atoms with Gasteiger partial charge in [-0.05, 0) is 25.7 Å². The van der Waals surface area contributed by atoms with Crippen LogP contribution in [0, 0.1) is 20.2 Å². The number of nitro groups is 2. The maximum absolute atomic E-state index is 12.2. The molecule has 0 bridgehead atoms. The lowest BCUT2D eigenvalue weighted by molar-refractivity contribution is -1.03. The van der Waals surface area contributed by atoms with E-state index in [-0.39, 0.29) is 21.2 Å². The number of hydrogen-bond donors (Lipinski definition) is 0. The summed E-state index contributed by atoms with van der Waals surface area (Å²) in [6.07, 6.45) is 7.06. The Morgan fingerprint density at radius 1 is 0.477 bits per heavy atom. The number of piperazine rings is 3. The molecule has 7 rings (SSSR count). The predicted molar refractivity (Wildman–Crippen MR) is 164 cm³/mol. The summed E-state index contributed by atoms with van der Waals surface area (Å²) < 4.78 is 2.07. The second-order valence-electron chi connectivity index (χ2n) is 13.1. The summed E-state index contributed by atoms with van der Waals surface area (Å²) in [5, 5.41) is 24.3. The zero-order valence-electron chi connectivity index (χ0n) is 25.3. The molecule has 0 atom stereocenters. The zero-order chi connectivity index (χ0) is 30.3. The lowest BCUT2D eigenvalue weighted by Crippen LogP contribution is -2.73. The standard InChI is InChI=1S/C28H42N12O4/c41-37(42)23-25(33-5-1-2-6-33)29-21-31-27(23)35-9-13-39(14-10-35)17-19-40(20-18-39)15-11-36(12-16-40)28-24(38(43)44)26(30-22-32-28)34-7-3-4-8-34/h21-22H,1-20H2/q+2. The van der Waals surface area contributed by atoms with Gasteiger partial charge in [-0.15, -0.1) is 0 Å². The van der Waals surface area contributed by atoms with Crippen LogP contribution >= 0.6 is 0 Å². The van der Waals surface area contributed by atoms with Crippen molar-refractivity contribution in [1.29, 1.82) is 0 Å². The van der Waals surface area contributed by atoms with Gasteiger partial charge in [0.05, 0.1) is 62.2 Å². The maximum atomic E-state index is 12.2. The molecule has 236 valence electrons. The molecule has 2 aromatic heterocycles. The van der Waals surface area contributed by atoms with E-state index < -0.39 is 0 Å². The van der Waals surface area contributed by atoms with Crippen LogP contribution in [0.15, 0.2) is 12.7 Å². The Labute approximate surface area is 256 Å². The van der Waals surface area contributed by atoms with Crippen molar-refractivity contribution in [1.82, 2.24) is 19.9 Å². The molecule has 5 aliphatic heterocycles. The Morgan fingerprint density at radius 2 is 0.750 bits per heavy atom. The highest BCUT2D eigenvalue weighted by Crippen LogP contribution is 2.38. The summed E-state index contributed by atoms with van der Waals surface area (Å²) in [6.45, 7) is 14.2. The summed E-state index contributed by atoms with van der Waals surface area (Å²) >= 11 is 0. The quantitative estimate of drug-likeness (QED) is 0.263. The second-order valence-corrected chi connectivity index (χ2v) is 13.1. The van der Waals surface area contributed by atoms with Crippen molar-refractivity contribution in [3.05, 3.63) is 32.9 Å². The number of hydrogen-bond acceptors (Lipinski definition) is 12. The highest BCUT2D eigenvalue weighted by molar-refractivity contribution is 5.72. The summed E-state index contributed by atoms with van der Waals surface area (Å²) in [6, 6.07) is 0. The Balaban J connectivity index is 0.983. The van der Waals surface area contributed by atoms with Crippen molar-refractivity contribution in [3.63, 3.8) is 0 Å². The zero-order valence-corrected chi connectivity index (χ0v) is 25.3. The van der Waals surface area contributed by atoms with Crippen molar-refractivity contribution in [3.8, 4) is 0 Å². The molecule has 0 saturated carbocycles. The van der Waals surface area contributed by atoms with Gasteiger partial charge in [-0.1, -0.05) is 0 Å². The van der Waals surface area contributed by atoms with Crippen molar-refractivity contribution < 1.29 is 18.8 Å². The lowest BCUT2D eigenvalue weighted by atomic mass is 10.1. The van der Waals surface area contributed by atoms with Crippen molar-refractivity contribution in [2.45, 2.75) is 25.7 Å². The molecule has 5 aliphatic rings. The van der Waals surface area contributed by atoms with E-state index in [1.807, 2.05) is 9.80 Å². The molecule has 0 amide bonds. The number of aromatic nitrogens is 4. The summed E-state index contributed by atoms with van der Waals surface area (Å²) in [5.41, 5.74) is 0.0840. The molecule has 16 nitrogen and oxygen atoms in total.